The number of carbonyl (C=O) groups is 3. The Morgan fingerprint density at radius 2 is 1.95 bits per heavy atom. The maximum absolute atomic E-state index is 12.5. The molecule has 3 rings (SSSR count). The number of methoxy groups -OCH3 is 1. The van der Waals surface area contributed by atoms with E-state index in [1.165, 1.54) is 19.4 Å². The van der Waals surface area contributed by atoms with Gasteiger partial charge in [0, 0.05) is 22.9 Å². The number of benzene rings is 2. The number of urea groups is 1. The van der Waals surface area contributed by atoms with Crippen LogP contribution in [0.2, 0.25) is 0 Å². The maximum atomic E-state index is 12.5. The molecule has 1 aliphatic rings. The van der Waals surface area contributed by atoms with Crippen LogP contribution in [-0.4, -0.2) is 49.4 Å². The monoisotopic (exact) mass is 525 g/mol. The number of ether oxygens (including phenoxy) is 3. The Balaban J connectivity index is 1.68. The third-order valence-electron chi connectivity index (χ3n) is 5.48. The molecule has 200 valence electrons. The molecule has 0 saturated heterocycles. The molecule has 38 heavy (non-hydrogen) atoms. The van der Waals surface area contributed by atoms with Crippen molar-refractivity contribution in [2.75, 3.05) is 20.3 Å². The van der Waals surface area contributed by atoms with Gasteiger partial charge in [-0.05, 0) is 38.5 Å². The molecule has 0 aromatic heterocycles. The Kier molecular flexibility index (Phi) is 8.98. The van der Waals surface area contributed by atoms with Crippen molar-refractivity contribution in [2.45, 2.75) is 26.8 Å². The molecular formula is C25H27N5O8. The number of carbonyl (C=O) groups excluding carboxylic acids is 3. The van der Waals surface area contributed by atoms with Crippen LogP contribution in [0.3, 0.4) is 0 Å². The van der Waals surface area contributed by atoms with E-state index in [2.05, 4.69) is 21.2 Å². The van der Waals surface area contributed by atoms with E-state index in [4.69, 9.17) is 14.2 Å². The third kappa shape index (κ3) is 6.63. The maximum Gasteiger partial charge on any atom is 0.338 e. The lowest BCUT2D eigenvalue weighted by Gasteiger charge is -2.28. The van der Waals surface area contributed by atoms with Gasteiger partial charge < -0.3 is 24.8 Å². The van der Waals surface area contributed by atoms with E-state index in [1.54, 1.807) is 51.1 Å². The molecule has 3 N–H and O–H groups in total. The van der Waals surface area contributed by atoms with Crippen molar-refractivity contribution < 1.29 is 33.5 Å². The second-order valence-electron chi connectivity index (χ2n) is 8.09. The third-order valence-corrected chi connectivity index (χ3v) is 5.48. The van der Waals surface area contributed by atoms with Gasteiger partial charge in [-0.1, -0.05) is 18.2 Å². The number of hydrogen-bond acceptors (Lipinski definition) is 9. The minimum atomic E-state index is -0.791. The molecule has 3 amide bonds. The van der Waals surface area contributed by atoms with Crippen molar-refractivity contribution in [3.8, 4) is 11.5 Å². The molecule has 1 aliphatic heterocycles. The fourth-order valence-corrected chi connectivity index (χ4v) is 3.66. The summed E-state index contributed by atoms with van der Waals surface area (Å²) in [5.41, 5.74) is 4.34. The first-order valence-corrected chi connectivity index (χ1v) is 11.5. The molecule has 0 spiro atoms. The van der Waals surface area contributed by atoms with Crippen LogP contribution in [-0.2, 0) is 14.3 Å². The van der Waals surface area contributed by atoms with E-state index in [1.807, 2.05) is 0 Å². The molecule has 2 aromatic carbocycles. The average molecular weight is 526 g/mol. The molecule has 0 bridgehead atoms. The Hall–Kier alpha value is -4.94. The Labute approximate surface area is 218 Å². The second-order valence-corrected chi connectivity index (χ2v) is 8.09. The molecule has 13 nitrogen and oxygen atoms in total. The van der Waals surface area contributed by atoms with Gasteiger partial charge in [-0.3, -0.25) is 14.9 Å². The molecule has 1 atom stereocenters. The zero-order valence-electron chi connectivity index (χ0n) is 21.2. The molecule has 0 radical (unpaired) electrons. The van der Waals surface area contributed by atoms with E-state index >= 15 is 0 Å². The van der Waals surface area contributed by atoms with Crippen molar-refractivity contribution in [3.05, 3.63) is 74.5 Å². The summed E-state index contributed by atoms with van der Waals surface area (Å²) < 4.78 is 16.1. The molecule has 0 aliphatic carbocycles. The van der Waals surface area contributed by atoms with E-state index in [0.29, 0.717) is 22.4 Å². The van der Waals surface area contributed by atoms with Crippen LogP contribution in [0.5, 0.6) is 11.5 Å². The highest BCUT2D eigenvalue weighted by atomic mass is 16.6. The largest absolute Gasteiger partial charge is 0.493 e. The first-order chi connectivity index (χ1) is 18.1. The lowest BCUT2D eigenvalue weighted by atomic mass is 9.95. The van der Waals surface area contributed by atoms with E-state index in [-0.39, 0.29) is 29.4 Å². The van der Waals surface area contributed by atoms with Crippen LogP contribution in [0, 0.1) is 17.0 Å². The molecular weight excluding hydrogens is 498 g/mol. The average Bonchev–Trinajstić information content (AvgIpc) is 2.87. The number of rotatable bonds is 10. The topological polar surface area (TPSA) is 170 Å². The van der Waals surface area contributed by atoms with Gasteiger partial charge in [0.2, 0.25) is 0 Å². The molecule has 2 aromatic rings. The van der Waals surface area contributed by atoms with Gasteiger partial charge in [0.1, 0.15) is 0 Å². The molecule has 0 unspecified atom stereocenters. The van der Waals surface area contributed by atoms with Crippen molar-refractivity contribution in [1.29, 1.82) is 0 Å². The van der Waals surface area contributed by atoms with Gasteiger partial charge in [-0.25, -0.2) is 15.0 Å². The van der Waals surface area contributed by atoms with Crippen LogP contribution >= 0.6 is 0 Å². The number of nitrogens with one attached hydrogen (secondary N) is 3. The van der Waals surface area contributed by atoms with Crippen molar-refractivity contribution in [3.63, 3.8) is 0 Å². The summed E-state index contributed by atoms with van der Waals surface area (Å²) in [6, 6.07) is 8.06. The second kappa shape index (κ2) is 12.3. The Morgan fingerprint density at radius 3 is 2.63 bits per heavy atom. The van der Waals surface area contributed by atoms with Gasteiger partial charge in [0.05, 0.1) is 36.5 Å². The predicted octanol–water partition coefficient (Wildman–Crippen LogP) is 2.63. The first kappa shape index (κ1) is 27.6. The number of amides is 3. The number of hydrogen-bond donors (Lipinski definition) is 3. The summed E-state index contributed by atoms with van der Waals surface area (Å²) in [6.45, 7) is 4.68. The Morgan fingerprint density at radius 1 is 1.18 bits per heavy atom. The number of nitro benzene ring substituents is 1. The Bertz CT molecular complexity index is 1320. The fraction of sp³-hybridized carbons (Fsp3) is 0.280. The number of aryl methyl sites for hydroxylation is 1. The highest BCUT2D eigenvalue weighted by molar-refractivity contribution is 5.95. The zero-order chi connectivity index (χ0) is 27.8. The number of esters is 1. The van der Waals surface area contributed by atoms with Crippen LogP contribution in [0.4, 0.5) is 10.5 Å². The summed E-state index contributed by atoms with van der Waals surface area (Å²) in [6.07, 6.45) is 1.28. The van der Waals surface area contributed by atoms with Gasteiger partial charge >= 0.3 is 12.0 Å². The summed E-state index contributed by atoms with van der Waals surface area (Å²) in [4.78, 5) is 47.4. The zero-order valence-corrected chi connectivity index (χ0v) is 21.2. The van der Waals surface area contributed by atoms with Crippen molar-refractivity contribution in [1.82, 2.24) is 16.1 Å². The minimum absolute atomic E-state index is 0.0526. The number of hydrazone groups is 1. The van der Waals surface area contributed by atoms with E-state index in [9.17, 15) is 24.5 Å². The highest BCUT2D eigenvalue weighted by Crippen LogP contribution is 2.34. The smallest absolute Gasteiger partial charge is 0.338 e. The summed E-state index contributed by atoms with van der Waals surface area (Å²) in [7, 11) is 1.41. The number of allylic oxidation sites excluding steroid dienone is 1. The quantitative estimate of drug-likeness (QED) is 0.184. The van der Waals surface area contributed by atoms with Crippen LogP contribution in [0.1, 0.15) is 36.6 Å². The molecule has 13 heteroatoms. The lowest BCUT2D eigenvalue weighted by Crippen LogP contribution is -2.45. The summed E-state index contributed by atoms with van der Waals surface area (Å²) in [5.74, 6) is -0.648. The van der Waals surface area contributed by atoms with Crippen molar-refractivity contribution in [2.24, 2.45) is 5.10 Å². The predicted molar refractivity (Wildman–Crippen MR) is 136 cm³/mol. The minimum Gasteiger partial charge on any atom is -0.493 e. The fourth-order valence-electron chi connectivity index (χ4n) is 3.66. The summed E-state index contributed by atoms with van der Waals surface area (Å²) >= 11 is 0. The summed E-state index contributed by atoms with van der Waals surface area (Å²) in [5, 5.41) is 20.1. The van der Waals surface area contributed by atoms with Crippen LogP contribution in [0.15, 0.2) is 52.8 Å². The van der Waals surface area contributed by atoms with Gasteiger partial charge in [0.15, 0.2) is 18.1 Å². The SMILES string of the molecule is CCOC(=O)C1=C(C)NC(=O)N[C@@H]1c1ccc(OCC(=O)N/N=C\c2ccc(C)c([N+](=O)[O-])c2)c(OC)c1. The van der Waals surface area contributed by atoms with Gasteiger partial charge in [-0.15, -0.1) is 0 Å². The molecule has 1 heterocycles. The van der Waals surface area contributed by atoms with Gasteiger partial charge in [-0.2, -0.15) is 5.10 Å². The lowest BCUT2D eigenvalue weighted by molar-refractivity contribution is -0.385. The normalized spacial score (nSPS) is 14.9. The van der Waals surface area contributed by atoms with E-state index in [0.717, 1.165) is 0 Å². The van der Waals surface area contributed by atoms with Crippen LogP contribution < -0.4 is 25.5 Å². The van der Waals surface area contributed by atoms with Gasteiger partial charge in [0.25, 0.3) is 11.6 Å². The van der Waals surface area contributed by atoms with Crippen LogP contribution in [0.25, 0.3) is 0 Å². The van der Waals surface area contributed by atoms with E-state index < -0.39 is 35.5 Å². The number of nitro groups is 1. The number of nitrogens with zero attached hydrogens (tertiary/aromatic N) is 2. The molecule has 0 saturated carbocycles. The first-order valence-electron chi connectivity index (χ1n) is 11.5. The standard InChI is InChI=1S/C25H27N5O8/c1-5-37-24(32)22-15(3)27-25(33)28-23(22)17-8-9-19(20(11-17)36-4)38-13-21(31)29-26-12-16-7-6-14(2)18(10-16)30(34)35/h6-12,23H,5,13H2,1-4H3,(H,29,31)(H2,27,28,33)/b26-12-/t23-/m1/s1. The highest BCUT2D eigenvalue weighted by Gasteiger charge is 2.32. The van der Waals surface area contributed by atoms with Crippen molar-refractivity contribution >= 4 is 29.8 Å². The molecule has 0 fully saturated rings.